The van der Waals surface area contributed by atoms with Gasteiger partial charge in [0.15, 0.2) is 17.9 Å². The van der Waals surface area contributed by atoms with Crippen LogP contribution in [0.2, 0.25) is 0 Å². The van der Waals surface area contributed by atoms with E-state index in [0.717, 1.165) is 15.5 Å². The third-order valence-corrected chi connectivity index (χ3v) is 5.21. The lowest BCUT2D eigenvalue weighted by Crippen LogP contribution is -2.43. The maximum absolute atomic E-state index is 13.1. The summed E-state index contributed by atoms with van der Waals surface area (Å²) in [6.07, 6.45) is -1.45. The second-order valence-corrected chi connectivity index (χ2v) is 7.05. The number of aliphatic hydroxyl groups is 1. The lowest BCUT2D eigenvalue weighted by atomic mass is 10.1. The summed E-state index contributed by atoms with van der Waals surface area (Å²) in [6, 6.07) is 6.85. The third kappa shape index (κ3) is 2.91. The number of aliphatic hydroxyl groups excluding tert-OH is 1. The summed E-state index contributed by atoms with van der Waals surface area (Å²) < 4.78 is 13.4. The molecule has 0 aliphatic carbocycles. The van der Waals surface area contributed by atoms with E-state index in [2.05, 4.69) is 10.8 Å². The summed E-state index contributed by atoms with van der Waals surface area (Å²) >= 11 is 0. The molecule has 11 nitrogen and oxygen atoms in total. The Hall–Kier alpha value is -2.83. The summed E-state index contributed by atoms with van der Waals surface area (Å²) in [4.78, 5) is 36.0. The van der Waals surface area contributed by atoms with Gasteiger partial charge in [-0.25, -0.2) is 4.79 Å². The molecule has 152 valence electrons. The molecular formula is C18H18N4O7. The Labute approximate surface area is 162 Å². The van der Waals surface area contributed by atoms with Crippen LogP contribution in [0.25, 0.3) is 11.0 Å². The molecule has 4 heterocycles. The fraction of sp³-hybridized carbons (Fsp3) is 0.389. The second kappa shape index (κ2) is 6.90. The number of benzene rings is 1. The molecule has 2 fully saturated rings. The Morgan fingerprint density at radius 2 is 2.03 bits per heavy atom. The number of nitrogens with zero attached hydrogens (tertiary/aromatic N) is 3. The number of aromatic nitrogens is 3. The van der Waals surface area contributed by atoms with Crippen molar-refractivity contribution in [2.75, 3.05) is 6.61 Å². The minimum absolute atomic E-state index is 0.0611. The van der Waals surface area contributed by atoms with Gasteiger partial charge in [-0.15, -0.1) is 0 Å². The van der Waals surface area contributed by atoms with Crippen LogP contribution in [0, 0.1) is 6.92 Å². The van der Waals surface area contributed by atoms with E-state index in [-0.39, 0.29) is 13.2 Å². The lowest BCUT2D eigenvalue weighted by Gasteiger charge is -2.19. The van der Waals surface area contributed by atoms with E-state index in [9.17, 15) is 14.7 Å². The third-order valence-electron chi connectivity index (χ3n) is 5.21. The van der Waals surface area contributed by atoms with Gasteiger partial charge in [0, 0.05) is 17.6 Å². The normalized spacial score (nSPS) is 26.3. The smallest absolute Gasteiger partial charge is 0.333 e. The van der Waals surface area contributed by atoms with Gasteiger partial charge < -0.3 is 14.4 Å². The van der Waals surface area contributed by atoms with Crippen molar-refractivity contribution in [3.8, 4) is 0 Å². The number of hydrogen-bond acceptors (Lipinski definition) is 9. The van der Waals surface area contributed by atoms with Crippen molar-refractivity contribution >= 4 is 11.0 Å². The summed E-state index contributed by atoms with van der Waals surface area (Å²) in [7, 11) is 0. The Morgan fingerprint density at radius 1 is 1.21 bits per heavy atom. The molecule has 5 rings (SSSR count). The first kappa shape index (κ1) is 18.2. The van der Waals surface area contributed by atoms with E-state index < -0.39 is 35.8 Å². The van der Waals surface area contributed by atoms with Gasteiger partial charge in [-0.05, 0) is 24.6 Å². The monoisotopic (exact) mass is 402 g/mol. The number of fused-ring (bicyclic) bond motifs is 2. The molecule has 11 heteroatoms. The molecule has 2 saturated heterocycles. The zero-order chi connectivity index (χ0) is 20.1. The Kier molecular flexibility index (Phi) is 4.33. The highest BCUT2D eigenvalue weighted by atomic mass is 17.0. The molecular weight excluding hydrogens is 384 g/mol. The Balaban J connectivity index is 1.53. The highest BCUT2D eigenvalue weighted by Gasteiger charge is 2.51. The molecule has 0 radical (unpaired) electrons. The second-order valence-electron chi connectivity index (χ2n) is 7.05. The van der Waals surface area contributed by atoms with Crippen molar-refractivity contribution in [1.29, 1.82) is 0 Å². The number of ether oxygens (including phenoxy) is 1. The lowest BCUT2D eigenvalue weighted by molar-refractivity contribution is -0.169. The van der Waals surface area contributed by atoms with Gasteiger partial charge in [-0.3, -0.25) is 23.6 Å². The maximum Gasteiger partial charge on any atom is 0.333 e. The summed E-state index contributed by atoms with van der Waals surface area (Å²) in [5, 5.41) is 14.2. The van der Waals surface area contributed by atoms with E-state index >= 15 is 0 Å². The van der Waals surface area contributed by atoms with Crippen LogP contribution in [0.3, 0.4) is 0 Å². The average Bonchev–Trinajstić information content (AvgIpc) is 3.40. The van der Waals surface area contributed by atoms with Gasteiger partial charge in [0.25, 0.3) is 5.56 Å². The van der Waals surface area contributed by atoms with Crippen molar-refractivity contribution in [1.82, 2.24) is 19.9 Å². The number of nitrogens with one attached hydrogen (secondary N) is 1. The quantitative estimate of drug-likeness (QED) is 0.599. The first-order valence-electron chi connectivity index (χ1n) is 9.06. The van der Waals surface area contributed by atoms with E-state index in [1.54, 1.807) is 0 Å². The van der Waals surface area contributed by atoms with Gasteiger partial charge in [0.2, 0.25) is 0 Å². The summed E-state index contributed by atoms with van der Waals surface area (Å²) in [5.41, 5.74) is 3.28. The average molecular weight is 402 g/mol. The van der Waals surface area contributed by atoms with Crippen LogP contribution >= 0.6 is 0 Å². The molecule has 0 spiro atoms. The van der Waals surface area contributed by atoms with Crippen molar-refractivity contribution in [2.24, 2.45) is 0 Å². The van der Waals surface area contributed by atoms with Gasteiger partial charge in [0.1, 0.15) is 17.9 Å². The van der Waals surface area contributed by atoms with Gasteiger partial charge in [0.05, 0.1) is 13.2 Å². The highest BCUT2D eigenvalue weighted by molar-refractivity contribution is 5.79. The van der Waals surface area contributed by atoms with Crippen molar-refractivity contribution in [3.63, 3.8) is 0 Å². The van der Waals surface area contributed by atoms with Crippen molar-refractivity contribution in [3.05, 3.63) is 62.6 Å². The molecule has 1 aromatic carbocycles. The van der Waals surface area contributed by atoms with Crippen LogP contribution in [0.5, 0.6) is 0 Å². The van der Waals surface area contributed by atoms with Crippen LogP contribution in [-0.2, 0) is 21.0 Å². The van der Waals surface area contributed by atoms with Crippen LogP contribution in [0.4, 0.5) is 0 Å². The number of rotatable bonds is 4. The van der Waals surface area contributed by atoms with E-state index in [4.69, 9.17) is 18.9 Å². The molecule has 2 aliphatic heterocycles. The Bertz CT molecular complexity index is 1180. The number of aryl methyl sites for hydroxylation is 1. The topological polar surface area (TPSA) is 130 Å². The summed E-state index contributed by atoms with van der Waals surface area (Å²) in [5.74, 6) is 0. The molecule has 0 bridgehead atoms. The molecule has 0 amide bonds. The zero-order valence-electron chi connectivity index (χ0n) is 15.3. The van der Waals surface area contributed by atoms with Crippen LogP contribution in [0.15, 0.2) is 44.6 Å². The van der Waals surface area contributed by atoms with Crippen molar-refractivity contribution < 1.29 is 24.0 Å². The SMILES string of the molecule is Cc1ccc2c(Cn3c(=O)ccn(C4OC(CO)C5ONOC54)c3=O)noc2c1. The molecule has 29 heavy (non-hydrogen) atoms. The fourth-order valence-electron chi connectivity index (χ4n) is 3.72. The molecule has 0 saturated carbocycles. The first-order chi connectivity index (χ1) is 14.1. The van der Waals surface area contributed by atoms with Gasteiger partial charge in [-0.1, -0.05) is 16.9 Å². The van der Waals surface area contributed by atoms with Gasteiger partial charge >= 0.3 is 5.69 Å². The predicted octanol–water partition coefficient (Wildman–Crippen LogP) is -0.399. The number of hydrogen-bond donors (Lipinski definition) is 2. The largest absolute Gasteiger partial charge is 0.394 e. The van der Waals surface area contributed by atoms with Gasteiger partial charge in [-0.2, -0.15) is 0 Å². The predicted molar refractivity (Wildman–Crippen MR) is 96.7 cm³/mol. The van der Waals surface area contributed by atoms with E-state index in [1.807, 2.05) is 25.1 Å². The van der Waals surface area contributed by atoms with Crippen molar-refractivity contribution in [2.45, 2.75) is 38.0 Å². The summed E-state index contributed by atoms with van der Waals surface area (Å²) in [6.45, 7) is 1.57. The molecule has 4 unspecified atom stereocenters. The maximum atomic E-state index is 13.1. The minimum atomic E-state index is -0.872. The first-order valence-corrected chi connectivity index (χ1v) is 9.06. The van der Waals surface area contributed by atoms with Crippen LogP contribution in [0.1, 0.15) is 17.5 Å². The molecule has 3 aromatic rings. The molecule has 4 atom stereocenters. The molecule has 2 aromatic heterocycles. The van der Waals surface area contributed by atoms with Crippen LogP contribution in [-0.4, -0.2) is 44.3 Å². The minimum Gasteiger partial charge on any atom is -0.394 e. The standard InChI is InChI=1S/C18H18N4O7/c1-9-2-3-10-11(19-27-12(10)6-9)7-22-14(24)4-5-21(18(22)25)17-16-15(28-20-29-16)13(8-23)26-17/h2-6,13,15-17,20,23H,7-8H2,1H3. The fourth-order valence-corrected chi connectivity index (χ4v) is 3.72. The van der Waals surface area contributed by atoms with E-state index in [0.29, 0.717) is 11.3 Å². The molecule has 2 aliphatic rings. The highest BCUT2D eigenvalue weighted by Crippen LogP contribution is 2.34. The Morgan fingerprint density at radius 3 is 2.86 bits per heavy atom. The molecule has 2 N–H and O–H groups in total. The van der Waals surface area contributed by atoms with E-state index in [1.165, 1.54) is 16.8 Å². The van der Waals surface area contributed by atoms with Crippen LogP contribution < -0.4 is 16.9 Å². The zero-order valence-corrected chi connectivity index (χ0v) is 15.3.